The lowest BCUT2D eigenvalue weighted by molar-refractivity contribution is -0.115. The third-order valence-corrected chi connectivity index (χ3v) is 5.98. The fraction of sp³-hybridized carbons (Fsp3) is 0.292. The number of fused-ring (bicyclic) bond motifs is 3. The smallest absolute Gasteiger partial charge is 0.228 e. The number of carbonyl (C=O) groups excluding carboxylic acids is 1. The largest absolute Gasteiger partial charge is 0.369 e. The SMILES string of the molecule is Cc1cccc2c1NC(=O)Cc1cnc(Nc3cccc(N4CCN(C)CC4)c3)nc1-2. The molecule has 0 bridgehead atoms. The topological polar surface area (TPSA) is 73.4 Å². The van der Waals surface area contributed by atoms with Gasteiger partial charge in [0.05, 0.1) is 17.8 Å². The van der Waals surface area contributed by atoms with Gasteiger partial charge in [0.2, 0.25) is 11.9 Å². The molecule has 2 aromatic carbocycles. The quantitative estimate of drug-likeness (QED) is 0.684. The van der Waals surface area contributed by atoms with Crippen molar-refractivity contribution in [2.75, 3.05) is 48.8 Å². The van der Waals surface area contributed by atoms with E-state index >= 15 is 0 Å². The highest BCUT2D eigenvalue weighted by Gasteiger charge is 2.22. The second-order valence-electron chi connectivity index (χ2n) is 8.26. The number of piperazine rings is 1. The second-order valence-corrected chi connectivity index (χ2v) is 8.26. The van der Waals surface area contributed by atoms with Crippen molar-refractivity contribution in [3.05, 3.63) is 59.8 Å². The molecule has 0 aliphatic carbocycles. The van der Waals surface area contributed by atoms with Gasteiger partial charge >= 0.3 is 0 Å². The van der Waals surface area contributed by atoms with Crippen molar-refractivity contribution >= 4 is 28.9 Å². The number of amides is 1. The van der Waals surface area contributed by atoms with E-state index in [1.54, 1.807) is 6.20 Å². The van der Waals surface area contributed by atoms with Gasteiger partial charge in [0.25, 0.3) is 0 Å². The fourth-order valence-corrected chi connectivity index (χ4v) is 4.19. The lowest BCUT2D eigenvalue weighted by Crippen LogP contribution is -2.44. The molecule has 0 radical (unpaired) electrons. The predicted molar refractivity (Wildman–Crippen MR) is 124 cm³/mol. The molecule has 1 amide bonds. The molecule has 1 fully saturated rings. The molecule has 3 heterocycles. The third-order valence-electron chi connectivity index (χ3n) is 5.98. The Labute approximate surface area is 182 Å². The minimum atomic E-state index is -0.0431. The average molecular weight is 415 g/mol. The van der Waals surface area contributed by atoms with Crippen LogP contribution in [-0.2, 0) is 11.2 Å². The molecule has 0 atom stereocenters. The van der Waals surface area contributed by atoms with Gasteiger partial charge in [-0.1, -0.05) is 24.3 Å². The van der Waals surface area contributed by atoms with Crippen LogP contribution in [0.15, 0.2) is 48.7 Å². The van der Waals surface area contributed by atoms with Crippen LogP contribution in [0.4, 0.5) is 23.0 Å². The Balaban J connectivity index is 1.45. The van der Waals surface area contributed by atoms with Crippen molar-refractivity contribution in [2.24, 2.45) is 0 Å². The van der Waals surface area contributed by atoms with Gasteiger partial charge in [0.15, 0.2) is 0 Å². The second kappa shape index (κ2) is 8.00. The highest BCUT2D eigenvalue weighted by molar-refractivity contribution is 6.00. The molecule has 3 aromatic rings. The Bertz CT molecular complexity index is 1140. The lowest BCUT2D eigenvalue weighted by atomic mass is 10.0. The summed E-state index contributed by atoms with van der Waals surface area (Å²) in [7, 11) is 2.16. The summed E-state index contributed by atoms with van der Waals surface area (Å²) in [5, 5.41) is 6.37. The van der Waals surface area contributed by atoms with Crippen LogP contribution in [0.1, 0.15) is 11.1 Å². The van der Waals surface area contributed by atoms with Crippen molar-refractivity contribution in [1.29, 1.82) is 0 Å². The summed E-state index contributed by atoms with van der Waals surface area (Å²) in [5.74, 6) is 0.481. The summed E-state index contributed by atoms with van der Waals surface area (Å²) in [4.78, 5) is 26.4. The summed E-state index contributed by atoms with van der Waals surface area (Å²) >= 11 is 0. The molecule has 158 valence electrons. The predicted octanol–water partition coefficient (Wildman–Crippen LogP) is 3.44. The van der Waals surface area contributed by atoms with Crippen LogP contribution in [0.2, 0.25) is 0 Å². The first-order valence-electron chi connectivity index (χ1n) is 10.6. The molecule has 0 saturated carbocycles. The van der Waals surface area contributed by atoms with Gasteiger partial charge < -0.3 is 20.4 Å². The van der Waals surface area contributed by atoms with E-state index in [1.807, 2.05) is 31.2 Å². The van der Waals surface area contributed by atoms with E-state index in [2.05, 4.69) is 50.7 Å². The number of hydrogen-bond acceptors (Lipinski definition) is 6. The van der Waals surface area contributed by atoms with Crippen LogP contribution in [0, 0.1) is 6.92 Å². The normalized spacial score (nSPS) is 16.2. The van der Waals surface area contributed by atoms with Crippen molar-refractivity contribution < 1.29 is 4.79 Å². The molecule has 1 aromatic heterocycles. The molecule has 7 heteroatoms. The number of nitrogens with one attached hydrogen (secondary N) is 2. The van der Waals surface area contributed by atoms with Crippen molar-refractivity contribution in [3.63, 3.8) is 0 Å². The molecule has 0 unspecified atom stereocenters. The summed E-state index contributed by atoms with van der Waals surface area (Å²) in [5.41, 5.74) is 6.55. The van der Waals surface area contributed by atoms with Crippen LogP contribution in [-0.4, -0.2) is 54.0 Å². The number of para-hydroxylation sites is 1. The molecule has 5 rings (SSSR count). The minimum absolute atomic E-state index is 0.0431. The summed E-state index contributed by atoms with van der Waals surface area (Å²) in [6.07, 6.45) is 2.02. The zero-order valence-electron chi connectivity index (χ0n) is 17.9. The maximum absolute atomic E-state index is 12.4. The Morgan fingerprint density at radius 1 is 1.06 bits per heavy atom. The van der Waals surface area contributed by atoms with E-state index < -0.39 is 0 Å². The van der Waals surface area contributed by atoms with E-state index in [0.29, 0.717) is 5.95 Å². The molecule has 1 saturated heterocycles. The number of rotatable bonds is 3. The minimum Gasteiger partial charge on any atom is -0.369 e. The molecule has 2 aliphatic heterocycles. The van der Waals surface area contributed by atoms with E-state index in [1.165, 1.54) is 5.69 Å². The first-order valence-corrected chi connectivity index (χ1v) is 10.6. The van der Waals surface area contributed by atoms with Crippen molar-refractivity contribution in [3.8, 4) is 11.3 Å². The Morgan fingerprint density at radius 2 is 1.87 bits per heavy atom. The number of anilines is 4. The molecule has 2 aliphatic rings. The monoisotopic (exact) mass is 414 g/mol. The summed E-state index contributed by atoms with van der Waals surface area (Å²) in [6.45, 7) is 6.17. The zero-order valence-corrected chi connectivity index (χ0v) is 17.9. The average Bonchev–Trinajstić information content (AvgIpc) is 2.91. The lowest BCUT2D eigenvalue weighted by Gasteiger charge is -2.34. The molecular formula is C24H26N6O. The number of aryl methyl sites for hydroxylation is 1. The molecule has 7 nitrogen and oxygen atoms in total. The van der Waals surface area contributed by atoms with Gasteiger partial charge in [-0.2, -0.15) is 0 Å². The van der Waals surface area contributed by atoms with Crippen LogP contribution < -0.4 is 15.5 Å². The standard InChI is InChI=1S/C24H26N6O/c1-16-5-3-8-20-22(16)27-21(31)13-17-15-25-24(28-23(17)20)26-18-6-4-7-19(14-18)30-11-9-29(2)10-12-30/h3-8,14-15H,9-13H2,1-2H3,(H,27,31)(H,25,26,28). The van der Waals surface area contributed by atoms with Gasteiger partial charge in [-0.25, -0.2) is 9.97 Å². The number of hydrogen-bond donors (Lipinski definition) is 2. The Hall–Kier alpha value is -3.45. The van der Waals surface area contributed by atoms with Gasteiger partial charge in [-0.3, -0.25) is 4.79 Å². The third kappa shape index (κ3) is 3.96. The van der Waals surface area contributed by atoms with Crippen molar-refractivity contribution in [1.82, 2.24) is 14.9 Å². The summed E-state index contributed by atoms with van der Waals surface area (Å²) < 4.78 is 0. The van der Waals surface area contributed by atoms with E-state index in [4.69, 9.17) is 4.98 Å². The molecule has 31 heavy (non-hydrogen) atoms. The Morgan fingerprint density at radius 3 is 2.71 bits per heavy atom. The van der Waals surface area contributed by atoms with E-state index in [0.717, 1.165) is 59.9 Å². The first kappa shape index (κ1) is 19.5. The molecule has 0 spiro atoms. The zero-order chi connectivity index (χ0) is 21.4. The highest BCUT2D eigenvalue weighted by atomic mass is 16.1. The number of nitrogens with zero attached hydrogens (tertiary/aromatic N) is 4. The molecular weight excluding hydrogens is 388 g/mol. The number of carbonyl (C=O) groups is 1. The van der Waals surface area contributed by atoms with Crippen LogP contribution in [0.3, 0.4) is 0 Å². The van der Waals surface area contributed by atoms with Gasteiger partial charge in [0.1, 0.15) is 0 Å². The first-order chi connectivity index (χ1) is 15.1. The fourth-order valence-electron chi connectivity index (χ4n) is 4.19. The highest BCUT2D eigenvalue weighted by Crippen LogP contribution is 2.35. The maximum atomic E-state index is 12.4. The maximum Gasteiger partial charge on any atom is 0.228 e. The van der Waals surface area contributed by atoms with E-state index in [9.17, 15) is 4.79 Å². The van der Waals surface area contributed by atoms with Gasteiger partial charge in [-0.05, 0) is 37.7 Å². The number of benzene rings is 2. The Kier molecular flexibility index (Phi) is 5.03. The van der Waals surface area contributed by atoms with Crippen LogP contribution >= 0.6 is 0 Å². The van der Waals surface area contributed by atoms with E-state index in [-0.39, 0.29) is 12.3 Å². The van der Waals surface area contributed by atoms with Gasteiger partial charge in [-0.15, -0.1) is 0 Å². The summed E-state index contributed by atoms with van der Waals surface area (Å²) in [6, 6.07) is 14.3. The van der Waals surface area contributed by atoms with Gasteiger partial charge in [0, 0.05) is 54.9 Å². The molecule has 2 N–H and O–H groups in total. The van der Waals surface area contributed by atoms with Crippen LogP contribution in [0.25, 0.3) is 11.3 Å². The number of aromatic nitrogens is 2. The number of likely N-dealkylation sites (N-methyl/N-ethyl adjacent to an activating group) is 1. The van der Waals surface area contributed by atoms with Crippen LogP contribution in [0.5, 0.6) is 0 Å². The van der Waals surface area contributed by atoms with Crippen molar-refractivity contribution in [2.45, 2.75) is 13.3 Å².